The normalized spacial score (nSPS) is 13.8. The minimum atomic E-state index is -1.14. The van der Waals surface area contributed by atoms with Crippen LogP contribution >= 0.6 is 0 Å². The maximum atomic E-state index is 12.6. The molecule has 9 N–H and O–H groups in total. The molecule has 0 radical (unpaired) electrons. The van der Waals surface area contributed by atoms with E-state index in [0.29, 0.717) is 31.5 Å². The summed E-state index contributed by atoms with van der Waals surface area (Å²) in [7, 11) is 0. The van der Waals surface area contributed by atoms with E-state index >= 15 is 0 Å². The maximum Gasteiger partial charge on any atom is 0.326 e. The van der Waals surface area contributed by atoms with E-state index in [1.54, 1.807) is 6.20 Å². The van der Waals surface area contributed by atoms with Crippen LogP contribution in [0, 0.1) is 5.92 Å². The van der Waals surface area contributed by atoms with E-state index in [1.165, 1.54) is 6.33 Å². The molecule has 0 aromatic carbocycles. The molecule has 0 aliphatic rings. The summed E-state index contributed by atoms with van der Waals surface area (Å²) in [5.74, 6) is -2.78. The number of carboxylic acids is 1. The molecule has 0 saturated carbocycles. The topological polar surface area (TPSA) is 205 Å². The highest BCUT2D eigenvalue weighted by molar-refractivity contribution is 5.92. The number of nitrogens with zero attached hydrogens (tertiary/aromatic N) is 1. The van der Waals surface area contributed by atoms with Gasteiger partial charge in [0.2, 0.25) is 17.7 Å². The van der Waals surface area contributed by atoms with Gasteiger partial charge >= 0.3 is 5.97 Å². The number of aromatic nitrogens is 2. The number of H-pyrrole nitrogens is 1. The van der Waals surface area contributed by atoms with Crippen molar-refractivity contribution in [3.63, 3.8) is 0 Å². The van der Waals surface area contributed by atoms with Gasteiger partial charge in [0.15, 0.2) is 0 Å². The second kappa shape index (κ2) is 14.1. The number of aromatic amines is 1. The smallest absolute Gasteiger partial charge is 0.326 e. The van der Waals surface area contributed by atoms with Gasteiger partial charge in [-0.15, -0.1) is 0 Å². The first-order chi connectivity index (χ1) is 15.1. The Kier molecular flexibility index (Phi) is 12.0. The zero-order valence-corrected chi connectivity index (χ0v) is 18.6. The number of nitrogens with two attached hydrogens (primary N) is 2. The summed E-state index contributed by atoms with van der Waals surface area (Å²) in [6.07, 6.45) is 5.09. The highest BCUT2D eigenvalue weighted by Crippen LogP contribution is 2.05. The SMILES string of the molecule is CC(C)CC(NC(=O)CNC(=O)C(CCCCN)NC(=O)C(N)Cc1cnc[nH]1)C(=O)O. The second-order valence-corrected chi connectivity index (χ2v) is 8.04. The molecule has 3 amide bonds. The minimum Gasteiger partial charge on any atom is -0.480 e. The van der Waals surface area contributed by atoms with Crippen molar-refractivity contribution in [2.75, 3.05) is 13.1 Å². The van der Waals surface area contributed by atoms with Crippen LogP contribution in [0.15, 0.2) is 12.5 Å². The molecule has 1 aromatic rings. The zero-order chi connectivity index (χ0) is 24.1. The number of rotatable bonds is 15. The van der Waals surface area contributed by atoms with Crippen molar-refractivity contribution in [3.05, 3.63) is 18.2 Å². The van der Waals surface area contributed by atoms with Gasteiger partial charge < -0.3 is 37.5 Å². The standard InChI is InChI=1S/C20H35N7O5/c1-12(2)7-16(20(31)32)26-17(28)10-24-19(30)15(5-3-4-6-21)27-18(29)14(22)8-13-9-23-11-25-13/h9,11-12,14-16H,3-8,10,21-22H2,1-2H3,(H,23,25)(H,24,30)(H,26,28)(H,27,29)(H,31,32). The Morgan fingerprint density at radius 1 is 1.12 bits per heavy atom. The van der Waals surface area contributed by atoms with E-state index in [0.717, 1.165) is 0 Å². The van der Waals surface area contributed by atoms with Crippen LogP contribution in [0.1, 0.15) is 45.2 Å². The van der Waals surface area contributed by atoms with Crippen LogP contribution in [0.3, 0.4) is 0 Å². The van der Waals surface area contributed by atoms with E-state index in [2.05, 4.69) is 25.9 Å². The monoisotopic (exact) mass is 453 g/mol. The molecule has 3 atom stereocenters. The number of carbonyl (C=O) groups excluding carboxylic acids is 3. The molecule has 0 aliphatic carbocycles. The Morgan fingerprint density at radius 3 is 2.41 bits per heavy atom. The van der Waals surface area contributed by atoms with Crippen molar-refractivity contribution < 1.29 is 24.3 Å². The van der Waals surface area contributed by atoms with Crippen LogP contribution in [-0.2, 0) is 25.6 Å². The molecule has 12 nitrogen and oxygen atoms in total. The number of aliphatic carboxylic acids is 1. The molecule has 0 spiro atoms. The number of unbranched alkanes of at least 4 members (excludes halogenated alkanes) is 1. The first-order valence-electron chi connectivity index (χ1n) is 10.7. The van der Waals surface area contributed by atoms with Crippen molar-refractivity contribution in [2.45, 2.75) is 64.1 Å². The molecule has 0 saturated heterocycles. The third-order valence-electron chi connectivity index (χ3n) is 4.67. The quantitative estimate of drug-likeness (QED) is 0.157. The van der Waals surface area contributed by atoms with E-state index in [-0.39, 0.29) is 18.8 Å². The van der Waals surface area contributed by atoms with Crippen LogP contribution in [0.5, 0.6) is 0 Å². The average molecular weight is 454 g/mol. The van der Waals surface area contributed by atoms with Crippen LogP contribution in [0.25, 0.3) is 0 Å². The lowest BCUT2D eigenvalue weighted by atomic mass is 10.0. The number of amides is 3. The predicted octanol–water partition coefficient (Wildman–Crippen LogP) is -1.37. The summed E-state index contributed by atoms with van der Waals surface area (Å²) in [5, 5.41) is 16.7. The first kappa shape index (κ1) is 27.0. The Morgan fingerprint density at radius 2 is 1.84 bits per heavy atom. The lowest BCUT2D eigenvalue weighted by Gasteiger charge is -2.21. The molecule has 32 heavy (non-hydrogen) atoms. The van der Waals surface area contributed by atoms with Crippen LogP contribution in [0.2, 0.25) is 0 Å². The molecule has 12 heteroatoms. The first-order valence-corrected chi connectivity index (χ1v) is 10.7. The Balaban J connectivity index is 2.64. The van der Waals surface area contributed by atoms with Crippen LogP contribution in [0.4, 0.5) is 0 Å². The highest BCUT2D eigenvalue weighted by atomic mass is 16.4. The van der Waals surface area contributed by atoms with E-state index < -0.39 is 48.4 Å². The van der Waals surface area contributed by atoms with Gasteiger partial charge in [0.05, 0.1) is 18.9 Å². The molecular formula is C20H35N7O5. The summed E-state index contributed by atoms with van der Waals surface area (Å²) >= 11 is 0. The molecule has 1 heterocycles. The van der Waals surface area contributed by atoms with Gasteiger partial charge in [0.1, 0.15) is 12.1 Å². The largest absolute Gasteiger partial charge is 0.480 e. The second-order valence-electron chi connectivity index (χ2n) is 8.04. The Bertz CT molecular complexity index is 739. The molecule has 0 fully saturated rings. The van der Waals surface area contributed by atoms with Gasteiger partial charge in [-0.3, -0.25) is 14.4 Å². The molecule has 1 aromatic heterocycles. The fourth-order valence-electron chi connectivity index (χ4n) is 3.00. The summed E-state index contributed by atoms with van der Waals surface area (Å²) in [6, 6.07) is -2.84. The van der Waals surface area contributed by atoms with Crippen molar-refractivity contribution in [1.29, 1.82) is 0 Å². The molecule has 1 rings (SSSR count). The summed E-state index contributed by atoms with van der Waals surface area (Å²) in [4.78, 5) is 55.2. The number of nitrogens with one attached hydrogen (secondary N) is 4. The van der Waals surface area contributed by atoms with Crippen LogP contribution < -0.4 is 27.4 Å². The summed E-state index contributed by atoms with van der Waals surface area (Å²) in [5.41, 5.74) is 12.1. The van der Waals surface area contributed by atoms with Gasteiger partial charge in [0, 0.05) is 18.3 Å². The molecule has 0 bridgehead atoms. The predicted molar refractivity (Wildman–Crippen MR) is 117 cm³/mol. The fraction of sp³-hybridized carbons (Fsp3) is 0.650. The highest BCUT2D eigenvalue weighted by Gasteiger charge is 2.25. The summed E-state index contributed by atoms with van der Waals surface area (Å²) < 4.78 is 0. The number of imidazole rings is 1. The van der Waals surface area contributed by atoms with Crippen LogP contribution in [-0.4, -0.2) is 70.0 Å². The zero-order valence-electron chi connectivity index (χ0n) is 18.6. The van der Waals surface area contributed by atoms with Gasteiger partial charge in [-0.25, -0.2) is 9.78 Å². The average Bonchev–Trinajstić information content (AvgIpc) is 3.23. The number of hydrogen-bond acceptors (Lipinski definition) is 7. The van der Waals surface area contributed by atoms with Crippen molar-refractivity contribution in [3.8, 4) is 0 Å². The molecule has 0 aliphatic heterocycles. The fourth-order valence-corrected chi connectivity index (χ4v) is 3.00. The van der Waals surface area contributed by atoms with Gasteiger partial charge in [-0.2, -0.15) is 0 Å². The number of carbonyl (C=O) groups is 4. The number of carboxylic acid groups (broad SMARTS) is 1. The number of hydrogen-bond donors (Lipinski definition) is 7. The van der Waals surface area contributed by atoms with Crippen molar-refractivity contribution in [2.24, 2.45) is 17.4 Å². The Hall–Kier alpha value is -2.99. The van der Waals surface area contributed by atoms with Gasteiger partial charge in [-0.1, -0.05) is 13.8 Å². The van der Waals surface area contributed by atoms with Crippen molar-refractivity contribution >= 4 is 23.7 Å². The lowest BCUT2D eigenvalue weighted by molar-refractivity contribution is -0.142. The molecule has 3 unspecified atom stereocenters. The lowest BCUT2D eigenvalue weighted by Crippen LogP contribution is -2.54. The van der Waals surface area contributed by atoms with Crippen molar-refractivity contribution in [1.82, 2.24) is 25.9 Å². The van der Waals surface area contributed by atoms with Gasteiger partial charge in [-0.05, 0) is 38.1 Å². The Labute approximate surface area is 187 Å². The molecular weight excluding hydrogens is 418 g/mol. The maximum absolute atomic E-state index is 12.6. The minimum absolute atomic E-state index is 0.0686. The summed E-state index contributed by atoms with van der Waals surface area (Å²) in [6.45, 7) is 3.71. The third kappa shape index (κ3) is 10.4. The van der Waals surface area contributed by atoms with E-state index in [4.69, 9.17) is 11.5 Å². The van der Waals surface area contributed by atoms with E-state index in [1.807, 2.05) is 13.8 Å². The van der Waals surface area contributed by atoms with Gasteiger partial charge in [0.25, 0.3) is 0 Å². The molecule has 180 valence electrons. The van der Waals surface area contributed by atoms with E-state index in [9.17, 15) is 24.3 Å². The third-order valence-corrected chi connectivity index (χ3v) is 4.67.